The van der Waals surface area contributed by atoms with Crippen LogP contribution in [0.1, 0.15) is 35.6 Å². The number of nitrogens with zero attached hydrogens (tertiary/aromatic N) is 1. The Hall–Kier alpha value is -2.33. The van der Waals surface area contributed by atoms with Gasteiger partial charge in [0, 0.05) is 5.02 Å². The molecular weight excluding hydrogens is 324 g/mol. The number of nitrogens with one attached hydrogen (secondary N) is 1. The van der Waals surface area contributed by atoms with Crippen molar-refractivity contribution >= 4 is 23.7 Å². The Labute approximate surface area is 146 Å². The SMILES string of the molecule is O=C(CO/N=C/c1ccc(Cl)cc1)NC1CCCc2ccccc21. The van der Waals surface area contributed by atoms with Crippen molar-refractivity contribution in [3.8, 4) is 0 Å². The number of hydrogen-bond donors (Lipinski definition) is 1. The first kappa shape index (κ1) is 16.5. The van der Waals surface area contributed by atoms with Gasteiger partial charge in [0.1, 0.15) is 0 Å². The number of benzene rings is 2. The van der Waals surface area contributed by atoms with E-state index in [1.807, 2.05) is 24.3 Å². The number of hydrogen-bond acceptors (Lipinski definition) is 3. The van der Waals surface area contributed by atoms with Gasteiger partial charge >= 0.3 is 0 Å². The smallest absolute Gasteiger partial charge is 0.261 e. The lowest BCUT2D eigenvalue weighted by atomic mass is 9.88. The molecule has 0 saturated heterocycles. The maximum atomic E-state index is 12.0. The average molecular weight is 343 g/mol. The van der Waals surface area contributed by atoms with Crippen LogP contribution in [0.3, 0.4) is 0 Å². The Morgan fingerprint density at radius 1 is 1.25 bits per heavy atom. The second-order valence-electron chi connectivity index (χ2n) is 5.77. The monoisotopic (exact) mass is 342 g/mol. The van der Waals surface area contributed by atoms with E-state index in [4.69, 9.17) is 16.4 Å². The molecule has 24 heavy (non-hydrogen) atoms. The molecule has 0 radical (unpaired) electrons. The van der Waals surface area contributed by atoms with Crippen LogP contribution in [0, 0.1) is 0 Å². The Bertz CT molecular complexity index is 728. The summed E-state index contributed by atoms with van der Waals surface area (Å²) >= 11 is 5.81. The summed E-state index contributed by atoms with van der Waals surface area (Å²) in [6.45, 7) is -0.0945. The summed E-state index contributed by atoms with van der Waals surface area (Å²) in [7, 11) is 0. The van der Waals surface area contributed by atoms with Gasteiger partial charge in [-0.3, -0.25) is 4.79 Å². The van der Waals surface area contributed by atoms with E-state index in [0.717, 1.165) is 24.8 Å². The highest BCUT2D eigenvalue weighted by Gasteiger charge is 2.21. The number of amides is 1. The van der Waals surface area contributed by atoms with Crippen molar-refractivity contribution in [3.05, 3.63) is 70.2 Å². The van der Waals surface area contributed by atoms with E-state index in [1.165, 1.54) is 11.1 Å². The molecule has 0 fully saturated rings. The van der Waals surface area contributed by atoms with E-state index in [-0.39, 0.29) is 18.6 Å². The molecule has 2 aromatic carbocycles. The van der Waals surface area contributed by atoms with Crippen LogP contribution in [0.25, 0.3) is 0 Å². The second-order valence-corrected chi connectivity index (χ2v) is 6.21. The fourth-order valence-electron chi connectivity index (χ4n) is 2.88. The number of fused-ring (bicyclic) bond motifs is 1. The van der Waals surface area contributed by atoms with Crippen LogP contribution >= 0.6 is 11.6 Å². The fraction of sp³-hybridized carbons (Fsp3) is 0.263. The zero-order valence-corrected chi connectivity index (χ0v) is 14.0. The van der Waals surface area contributed by atoms with E-state index < -0.39 is 0 Å². The average Bonchev–Trinajstić information content (AvgIpc) is 2.61. The van der Waals surface area contributed by atoms with E-state index in [0.29, 0.717) is 5.02 Å². The third kappa shape index (κ3) is 4.36. The second kappa shape index (κ2) is 7.97. The van der Waals surface area contributed by atoms with Gasteiger partial charge in [-0.05, 0) is 48.1 Å². The number of oxime groups is 1. The van der Waals surface area contributed by atoms with E-state index in [2.05, 4.69) is 22.6 Å². The summed E-state index contributed by atoms with van der Waals surface area (Å²) in [5.41, 5.74) is 3.39. The van der Waals surface area contributed by atoms with Crippen LogP contribution in [0.15, 0.2) is 53.7 Å². The van der Waals surface area contributed by atoms with E-state index in [1.54, 1.807) is 18.3 Å². The maximum Gasteiger partial charge on any atom is 0.261 e. The van der Waals surface area contributed by atoms with Gasteiger partial charge in [0.15, 0.2) is 6.61 Å². The number of rotatable bonds is 5. The summed E-state index contributed by atoms with van der Waals surface area (Å²) < 4.78 is 0. The molecule has 3 rings (SSSR count). The molecule has 4 nitrogen and oxygen atoms in total. The molecule has 124 valence electrons. The fourth-order valence-corrected chi connectivity index (χ4v) is 3.01. The molecule has 1 amide bonds. The predicted octanol–water partition coefficient (Wildman–Crippen LogP) is 3.88. The molecule has 5 heteroatoms. The Balaban J connectivity index is 1.49. The molecule has 1 aliphatic carbocycles. The summed E-state index contributed by atoms with van der Waals surface area (Å²) in [5.74, 6) is -0.162. The van der Waals surface area contributed by atoms with E-state index >= 15 is 0 Å². The van der Waals surface area contributed by atoms with Crippen molar-refractivity contribution in [1.82, 2.24) is 5.32 Å². The molecule has 1 aliphatic rings. The molecule has 0 bridgehead atoms. The number of aryl methyl sites for hydroxylation is 1. The zero-order valence-electron chi connectivity index (χ0n) is 13.2. The van der Waals surface area contributed by atoms with Gasteiger partial charge in [0.2, 0.25) is 0 Å². The van der Waals surface area contributed by atoms with Crippen molar-refractivity contribution in [2.75, 3.05) is 6.61 Å². The first-order chi connectivity index (χ1) is 11.7. The molecule has 0 aliphatic heterocycles. The molecule has 0 spiro atoms. The van der Waals surface area contributed by atoms with Crippen LogP contribution in [-0.2, 0) is 16.1 Å². The minimum Gasteiger partial charge on any atom is -0.386 e. The molecule has 0 saturated carbocycles. The normalized spacial score (nSPS) is 16.6. The van der Waals surface area contributed by atoms with Gasteiger partial charge in [0.05, 0.1) is 12.3 Å². The molecule has 0 heterocycles. The Morgan fingerprint density at radius 3 is 2.88 bits per heavy atom. The number of carbonyl (C=O) groups is 1. The molecular formula is C19H19ClN2O2. The lowest BCUT2D eigenvalue weighted by molar-refractivity contribution is -0.126. The molecule has 1 unspecified atom stereocenters. The Morgan fingerprint density at radius 2 is 2.04 bits per heavy atom. The van der Waals surface area contributed by atoms with Crippen molar-refractivity contribution in [2.24, 2.45) is 5.16 Å². The van der Waals surface area contributed by atoms with Crippen molar-refractivity contribution < 1.29 is 9.63 Å². The van der Waals surface area contributed by atoms with Crippen molar-refractivity contribution in [2.45, 2.75) is 25.3 Å². The van der Waals surface area contributed by atoms with Gasteiger partial charge in [-0.25, -0.2) is 0 Å². The maximum absolute atomic E-state index is 12.0. The third-order valence-corrected chi connectivity index (χ3v) is 4.30. The summed E-state index contributed by atoms with van der Waals surface area (Å²) in [6, 6.07) is 15.5. The van der Waals surface area contributed by atoms with Gasteiger partial charge in [-0.1, -0.05) is 53.2 Å². The summed E-state index contributed by atoms with van der Waals surface area (Å²) in [6.07, 6.45) is 4.66. The molecule has 1 N–H and O–H groups in total. The lowest BCUT2D eigenvalue weighted by Gasteiger charge is -2.26. The predicted molar refractivity (Wildman–Crippen MR) is 95.3 cm³/mol. The quantitative estimate of drug-likeness (QED) is 0.662. The third-order valence-electron chi connectivity index (χ3n) is 4.05. The summed E-state index contributed by atoms with van der Waals surface area (Å²) in [4.78, 5) is 17.1. The number of carbonyl (C=O) groups excluding carboxylic acids is 1. The van der Waals surface area contributed by atoms with Crippen molar-refractivity contribution in [1.29, 1.82) is 0 Å². The lowest BCUT2D eigenvalue weighted by Crippen LogP contribution is -2.33. The van der Waals surface area contributed by atoms with Crippen LogP contribution in [0.2, 0.25) is 5.02 Å². The molecule has 1 atom stereocenters. The Kier molecular flexibility index (Phi) is 5.49. The minimum absolute atomic E-state index is 0.0614. The first-order valence-electron chi connectivity index (χ1n) is 8.00. The van der Waals surface area contributed by atoms with Gasteiger partial charge in [-0.15, -0.1) is 0 Å². The van der Waals surface area contributed by atoms with Crippen LogP contribution < -0.4 is 5.32 Å². The zero-order chi connectivity index (χ0) is 16.8. The first-order valence-corrected chi connectivity index (χ1v) is 8.38. The van der Waals surface area contributed by atoms with Crippen LogP contribution in [-0.4, -0.2) is 18.7 Å². The molecule has 2 aromatic rings. The van der Waals surface area contributed by atoms with E-state index in [9.17, 15) is 4.79 Å². The highest BCUT2D eigenvalue weighted by atomic mass is 35.5. The highest BCUT2D eigenvalue weighted by Crippen LogP contribution is 2.29. The summed E-state index contributed by atoms with van der Waals surface area (Å²) in [5, 5.41) is 7.51. The van der Waals surface area contributed by atoms with Gasteiger partial charge < -0.3 is 10.2 Å². The highest BCUT2D eigenvalue weighted by molar-refractivity contribution is 6.30. The van der Waals surface area contributed by atoms with Crippen LogP contribution in [0.5, 0.6) is 0 Å². The van der Waals surface area contributed by atoms with Gasteiger partial charge in [0.25, 0.3) is 5.91 Å². The standard InChI is InChI=1S/C19H19ClN2O2/c20-16-10-8-14(9-11-16)12-21-24-13-19(23)22-18-7-3-5-15-4-1-2-6-17(15)18/h1-2,4,6,8-12,18H,3,5,7,13H2,(H,22,23)/b21-12+. The molecule has 0 aromatic heterocycles. The topological polar surface area (TPSA) is 50.7 Å². The largest absolute Gasteiger partial charge is 0.386 e. The minimum atomic E-state index is -0.162. The van der Waals surface area contributed by atoms with Crippen LogP contribution in [0.4, 0.5) is 0 Å². The number of halogens is 1. The van der Waals surface area contributed by atoms with Gasteiger partial charge in [-0.2, -0.15) is 0 Å². The van der Waals surface area contributed by atoms with Crippen molar-refractivity contribution in [3.63, 3.8) is 0 Å².